The number of rotatable bonds is 5. The molecule has 6 heteroatoms. The summed E-state index contributed by atoms with van der Waals surface area (Å²) in [5.74, 6) is 5.39. The van der Waals surface area contributed by atoms with E-state index in [1.54, 1.807) is 12.1 Å². The Hall–Kier alpha value is -1.66. The Balaban J connectivity index is 3.02. The number of nitrogens with one attached hydrogen (secondary N) is 1. The number of nitrogens with two attached hydrogens (primary N) is 1. The second-order valence-electron chi connectivity index (χ2n) is 4.25. The maximum atomic E-state index is 10.7. The third-order valence-corrected chi connectivity index (χ3v) is 2.76. The van der Waals surface area contributed by atoms with Gasteiger partial charge in [0.15, 0.2) is 0 Å². The van der Waals surface area contributed by atoms with E-state index in [1.165, 1.54) is 6.07 Å². The molecule has 0 aromatic heterocycles. The first-order valence-corrected chi connectivity index (χ1v) is 5.40. The third-order valence-electron chi connectivity index (χ3n) is 2.76. The molecule has 17 heavy (non-hydrogen) atoms. The second kappa shape index (κ2) is 5.60. The highest BCUT2D eigenvalue weighted by atomic mass is 16.6. The number of hydrazine groups is 1. The van der Waals surface area contributed by atoms with E-state index in [0.717, 1.165) is 5.56 Å². The molecular formula is C11H18N4O2. The molecule has 0 aliphatic carbocycles. The SMILES string of the molecule is CC(C)N(C)Cc1cc([N+](=O)[O-])ccc1NN. The zero-order chi connectivity index (χ0) is 13.0. The number of hydrogen-bond donors (Lipinski definition) is 2. The summed E-state index contributed by atoms with van der Waals surface area (Å²) in [5.41, 5.74) is 4.17. The Bertz CT molecular complexity index is 406. The summed E-state index contributed by atoms with van der Waals surface area (Å²) in [6, 6.07) is 4.98. The van der Waals surface area contributed by atoms with Gasteiger partial charge >= 0.3 is 0 Å². The number of nitrogen functional groups attached to an aromatic ring is 1. The van der Waals surface area contributed by atoms with Gasteiger partial charge in [-0.2, -0.15) is 0 Å². The Morgan fingerprint density at radius 3 is 2.65 bits per heavy atom. The van der Waals surface area contributed by atoms with E-state index in [1.807, 2.05) is 7.05 Å². The number of anilines is 1. The normalized spacial score (nSPS) is 10.9. The van der Waals surface area contributed by atoms with E-state index in [0.29, 0.717) is 18.3 Å². The fourth-order valence-electron chi connectivity index (χ4n) is 1.42. The van der Waals surface area contributed by atoms with Crippen LogP contribution in [0.4, 0.5) is 11.4 Å². The van der Waals surface area contributed by atoms with Crippen LogP contribution < -0.4 is 11.3 Å². The first-order chi connectivity index (χ1) is 7.95. The fraction of sp³-hybridized carbons (Fsp3) is 0.455. The van der Waals surface area contributed by atoms with Crippen LogP contribution >= 0.6 is 0 Å². The lowest BCUT2D eigenvalue weighted by molar-refractivity contribution is -0.384. The van der Waals surface area contributed by atoms with Crippen molar-refractivity contribution in [3.63, 3.8) is 0 Å². The van der Waals surface area contributed by atoms with E-state index in [2.05, 4.69) is 24.2 Å². The lowest BCUT2D eigenvalue weighted by Gasteiger charge is -2.22. The molecule has 1 rings (SSSR count). The highest BCUT2D eigenvalue weighted by molar-refractivity contribution is 5.55. The second-order valence-corrected chi connectivity index (χ2v) is 4.25. The van der Waals surface area contributed by atoms with Crippen LogP contribution in [0.1, 0.15) is 19.4 Å². The van der Waals surface area contributed by atoms with Gasteiger partial charge in [-0.15, -0.1) is 0 Å². The smallest absolute Gasteiger partial charge is 0.269 e. The minimum atomic E-state index is -0.404. The summed E-state index contributed by atoms with van der Waals surface area (Å²) in [7, 11) is 1.96. The van der Waals surface area contributed by atoms with Crippen molar-refractivity contribution < 1.29 is 4.92 Å². The third kappa shape index (κ3) is 3.40. The highest BCUT2D eigenvalue weighted by Gasteiger charge is 2.13. The van der Waals surface area contributed by atoms with Gasteiger partial charge in [0.1, 0.15) is 0 Å². The Morgan fingerprint density at radius 1 is 1.53 bits per heavy atom. The average Bonchev–Trinajstić information content (AvgIpc) is 2.28. The van der Waals surface area contributed by atoms with Gasteiger partial charge in [0.2, 0.25) is 0 Å². The van der Waals surface area contributed by atoms with Crippen molar-refractivity contribution in [2.75, 3.05) is 12.5 Å². The van der Waals surface area contributed by atoms with Crippen molar-refractivity contribution in [2.45, 2.75) is 26.4 Å². The van der Waals surface area contributed by atoms with Gasteiger partial charge in [-0.3, -0.25) is 20.9 Å². The predicted molar refractivity (Wildman–Crippen MR) is 67.5 cm³/mol. The molecule has 0 amide bonds. The van der Waals surface area contributed by atoms with Crippen LogP contribution in [0.5, 0.6) is 0 Å². The molecule has 0 radical (unpaired) electrons. The number of nitro groups is 1. The maximum absolute atomic E-state index is 10.7. The van der Waals surface area contributed by atoms with Crippen LogP contribution in [0.2, 0.25) is 0 Å². The molecule has 0 spiro atoms. The summed E-state index contributed by atoms with van der Waals surface area (Å²) in [6.07, 6.45) is 0. The van der Waals surface area contributed by atoms with Crippen molar-refractivity contribution in [1.29, 1.82) is 0 Å². The van der Waals surface area contributed by atoms with Crippen LogP contribution in [0.15, 0.2) is 18.2 Å². The van der Waals surface area contributed by atoms with Crippen LogP contribution in [-0.4, -0.2) is 22.9 Å². The average molecular weight is 238 g/mol. The van der Waals surface area contributed by atoms with Crippen LogP contribution in [0.25, 0.3) is 0 Å². The molecule has 6 nitrogen and oxygen atoms in total. The van der Waals surface area contributed by atoms with Crippen molar-refractivity contribution in [3.8, 4) is 0 Å². The van der Waals surface area contributed by atoms with Gasteiger partial charge < -0.3 is 5.43 Å². The number of nitro benzene ring substituents is 1. The molecular weight excluding hydrogens is 220 g/mol. The number of non-ortho nitro benzene ring substituents is 1. The molecule has 0 saturated carbocycles. The van der Waals surface area contributed by atoms with Crippen LogP contribution in [0.3, 0.4) is 0 Å². The van der Waals surface area contributed by atoms with Crippen molar-refractivity contribution in [1.82, 2.24) is 4.90 Å². The van der Waals surface area contributed by atoms with Gasteiger partial charge in [-0.25, -0.2) is 0 Å². The van der Waals surface area contributed by atoms with Crippen molar-refractivity contribution in [3.05, 3.63) is 33.9 Å². The van der Waals surface area contributed by atoms with E-state index in [4.69, 9.17) is 5.84 Å². The molecule has 0 bridgehead atoms. The van der Waals surface area contributed by atoms with Gasteiger partial charge in [0, 0.05) is 24.7 Å². The van der Waals surface area contributed by atoms with Crippen LogP contribution in [-0.2, 0) is 6.54 Å². The first-order valence-electron chi connectivity index (χ1n) is 5.40. The van der Waals surface area contributed by atoms with E-state index in [-0.39, 0.29) is 5.69 Å². The minimum Gasteiger partial charge on any atom is -0.324 e. The largest absolute Gasteiger partial charge is 0.324 e. The Morgan fingerprint density at radius 2 is 2.18 bits per heavy atom. The zero-order valence-electron chi connectivity index (χ0n) is 10.3. The molecule has 0 fully saturated rings. The van der Waals surface area contributed by atoms with E-state index >= 15 is 0 Å². The summed E-state index contributed by atoms with van der Waals surface area (Å²) in [5, 5.41) is 10.7. The number of nitrogens with zero attached hydrogens (tertiary/aromatic N) is 2. The van der Waals surface area contributed by atoms with Gasteiger partial charge in [0.05, 0.1) is 10.6 Å². The molecule has 1 aromatic carbocycles. The molecule has 0 aliphatic rings. The zero-order valence-corrected chi connectivity index (χ0v) is 10.3. The quantitative estimate of drug-likeness (QED) is 0.463. The molecule has 1 aromatic rings. The molecule has 0 heterocycles. The summed E-state index contributed by atoms with van der Waals surface area (Å²) < 4.78 is 0. The monoisotopic (exact) mass is 238 g/mol. The molecule has 0 saturated heterocycles. The minimum absolute atomic E-state index is 0.0798. The van der Waals surface area contributed by atoms with E-state index < -0.39 is 4.92 Å². The highest BCUT2D eigenvalue weighted by Crippen LogP contribution is 2.23. The first kappa shape index (κ1) is 13.4. The van der Waals surface area contributed by atoms with Gasteiger partial charge in [-0.05, 0) is 32.5 Å². The Labute approximate surface area is 101 Å². The number of hydrogen-bond acceptors (Lipinski definition) is 5. The van der Waals surface area contributed by atoms with Crippen molar-refractivity contribution in [2.24, 2.45) is 5.84 Å². The molecule has 0 unspecified atom stereocenters. The molecule has 94 valence electrons. The maximum Gasteiger partial charge on any atom is 0.269 e. The van der Waals surface area contributed by atoms with Crippen LogP contribution in [0, 0.1) is 10.1 Å². The summed E-state index contributed by atoms with van der Waals surface area (Å²) >= 11 is 0. The number of benzene rings is 1. The standard InChI is InChI=1S/C11H18N4O2/c1-8(2)14(3)7-9-6-10(15(16)17)4-5-11(9)13-12/h4-6,8,13H,7,12H2,1-3H3. The topological polar surface area (TPSA) is 84.4 Å². The van der Waals surface area contributed by atoms with Gasteiger partial charge in [-0.1, -0.05) is 0 Å². The summed E-state index contributed by atoms with van der Waals surface area (Å²) in [6.45, 7) is 4.73. The molecule has 0 atom stereocenters. The van der Waals surface area contributed by atoms with E-state index in [9.17, 15) is 10.1 Å². The molecule has 3 N–H and O–H groups in total. The summed E-state index contributed by atoms with van der Waals surface area (Å²) in [4.78, 5) is 12.4. The van der Waals surface area contributed by atoms with Crippen molar-refractivity contribution >= 4 is 11.4 Å². The lowest BCUT2D eigenvalue weighted by atomic mass is 10.1. The lowest BCUT2D eigenvalue weighted by Crippen LogP contribution is -2.26. The Kier molecular flexibility index (Phi) is 4.42. The predicted octanol–water partition coefficient (Wildman–Crippen LogP) is 1.72. The molecule has 0 aliphatic heterocycles. The fourth-order valence-corrected chi connectivity index (χ4v) is 1.42. The van der Waals surface area contributed by atoms with Gasteiger partial charge in [0.25, 0.3) is 5.69 Å².